The van der Waals surface area contributed by atoms with Crippen LogP contribution in [0.4, 0.5) is 0 Å². The van der Waals surface area contributed by atoms with Gasteiger partial charge in [0.25, 0.3) is 0 Å². The van der Waals surface area contributed by atoms with Crippen molar-refractivity contribution in [2.75, 3.05) is 20.2 Å². The summed E-state index contributed by atoms with van der Waals surface area (Å²) in [6.45, 7) is 2.19. The molecule has 0 fully saturated rings. The fourth-order valence-electron chi connectivity index (χ4n) is 0.195. The Kier molecular flexibility index (Phi) is 11.2. The van der Waals surface area contributed by atoms with Gasteiger partial charge in [0.05, 0.1) is 7.11 Å². The van der Waals surface area contributed by atoms with Gasteiger partial charge in [-0.3, -0.25) is 13.8 Å². The van der Waals surface area contributed by atoms with Gasteiger partial charge in [0.1, 0.15) is 0 Å². The molecule has 0 aliphatic rings. The minimum absolute atomic E-state index is 0.287. The van der Waals surface area contributed by atoms with Gasteiger partial charge in [0.2, 0.25) is 6.79 Å². The van der Waals surface area contributed by atoms with E-state index in [0.717, 1.165) is 0 Å². The van der Waals surface area contributed by atoms with E-state index < -0.39 is 23.0 Å². The molecular formula is C7H14O6S. The van der Waals surface area contributed by atoms with Crippen molar-refractivity contribution in [3.05, 3.63) is 0 Å². The van der Waals surface area contributed by atoms with Gasteiger partial charge in [-0.25, -0.2) is 4.21 Å². The molecule has 0 bridgehead atoms. The van der Waals surface area contributed by atoms with Crippen LogP contribution in [0.1, 0.15) is 13.8 Å². The fourth-order valence-corrected chi connectivity index (χ4v) is 0.195. The fraction of sp³-hybridized carbons (Fsp3) is 0.714. The first-order chi connectivity index (χ1) is 6.40. The summed E-state index contributed by atoms with van der Waals surface area (Å²) in [6.07, 6.45) is 1.47. The molecule has 0 radical (unpaired) electrons. The Morgan fingerprint density at radius 1 is 1.14 bits per heavy atom. The van der Waals surface area contributed by atoms with E-state index in [2.05, 4.69) is 13.7 Å². The van der Waals surface area contributed by atoms with E-state index >= 15 is 0 Å². The zero-order chi connectivity index (χ0) is 11.6. The van der Waals surface area contributed by atoms with Crippen molar-refractivity contribution in [1.29, 1.82) is 0 Å². The average Bonchev–Trinajstić information content (AvgIpc) is 2.04. The highest BCUT2D eigenvalue weighted by Gasteiger charge is 1.93. The lowest BCUT2D eigenvalue weighted by atomic mass is 10.8. The molecule has 0 aromatic heterocycles. The largest absolute Gasteiger partial charge is 0.428 e. The minimum Gasteiger partial charge on any atom is -0.428 e. The molecule has 0 N–H and O–H groups in total. The van der Waals surface area contributed by atoms with Crippen LogP contribution in [0.15, 0.2) is 0 Å². The van der Waals surface area contributed by atoms with Gasteiger partial charge in [-0.1, -0.05) is 0 Å². The summed E-state index contributed by atoms with van der Waals surface area (Å²) in [5.41, 5.74) is 0. The number of rotatable bonds is 3. The summed E-state index contributed by atoms with van der Waals surface area (Å²) >= 11 is -1.07. The molecule has 0 rings (SSSR count). The number of carbonyl (C=O) groups excluding carboxylic acids is 2. The Balaban J connectivity index is 0. The maximum Gasteiger partial charge on any atom is 0.305 e. The molecule has 0 spiro atoms. The molecule has 84 valence electrons. The van der Waals surface area contributed by atoms with Crippen LogP contribution < -0.4 is 0 Å². The van der Waals surface area contributed by atoms with Crippen LogP contribution in [-0.2, 0) is 34.3 Å². The van der Waals surface area contributed by atoms with Gasteiger partial charge in [-0.15, -0.1) is 0 Å². The molecule has 0 saturated heterocycles. The van der Waals surface area contributed by atoms with Gasteiger partial charge >= 0.3 is 11.9 Å². The summed E-state index contributed by atoms with van der Waals surface area (Å²) in [5.74, 6) is -0.924. The second-order valence-corrected chi connectivity index (χ2v) is 3.09. The molecule has 0 aliphatic carbocycles. The van der Waals surface area contributed by atoms with Crippen LogP contribution >= 0.6 is 0 Å². The van der Waals surface area contributed by atoms with Crippen molar-refractivity contribution in [3.63, 3.8) is 0 Å². The third-order valence-corrected chi connectivity index (χ3v) is 1.23. The Morgan fingerprint density at radius 2 is 1.43 bits per heavy atom. The lowest BCUT2D eigenvalue weighted by Gasteiger charge is -1.99. The van der Waals surface area contributed by atoms with Gasteiger partial charge in [0.15, 0.2) is 11.1 Å². The highest BCUT2D eigenvalue weighted by Crippen LogP contribution is 1.79. The van der Waals surface area contributed by atoms with Gasteiger partial charge < -0.3 is 9.47 Å². The predicted octanol–water partition coefficient (Wildman–Crippen LogP) is -0.00360. The third kappa shape index (κ3) is 22.5. The molecule has 1 atom stereocenters. The lowest BCUT2D eigenvalue weighted by molar-refractivity contribution is -0.163. The number of carbonyl (C=O) groups is 2. The summed E-state index contributed by atoms with van der Waals surface area (Å²) in [6, 6.07) is 0. The smallest absolute Gasteiger partial charge is 0.305 e. The van der Waals surface area contributed by atoms with Crippen molar-refractivity contribution < 1.29 is 27.5 Å². The molecule has 6 nitrogen and oxygen atoms in total. The predicted molar refractivity (Wildman–Crippen MR) is 49.5 cm³/mol. The minimum atomic E-state index is -1.07. The summed E-state index contributed by atoms with van der Waals surface area (Å²) in [7, 11) is 1.40. The van der Waals surface area contributed by atoms with Crippen LogP contribution in [0.2, 0.25) is 0 Å². The van der Waals surface area contributed by atoms with Crippen molar-refractivity contribution in [1.82, 2.24) is 0 Å². The number of ether oxygens (including phenoxy) is 2. The molecular weight excluding hydrogens is 212 g/mol. The third-order valence-electron chi connectivity index (χ3n) is 0.759. The van der Waals surface area contributed by atoms with E-state index in [1.807, 2.05) is 0 Å². The highest BCUT2D eigenvalue weighted by atomic mass is 32.2. The Hall–Kier alpha value is -0.950. The number of hydrogen-bond donors (Lipinski definition) is 0. The van der Waals surface area contributed by atoms with Gasteiger partial charge in [-0.05, 0) is 0 Å². The van der Waals surface area contributed by atoms with Crippen LogP contribution in [0.5, 0.6) is 0 Å². The molecule has 0 aromatic carbocycles. The van der Waals surface area contributed by atoms with Crippen LogP contribution in [0, 0.1) is 0 Å². The molecule has 0 aromatic rings. The molecule has 7 heteroatoms. The quantitative estimate of drug-likeness (QED) is 0.497. The van der Waals surface area contributed by atoms with E-state index in [1.54, 1.807) is 0 Å². The zero-order valence-electron chi connectivity index (χ0n) is 8.56. The molecule has 0 heterocycles. The van der Waals surface area contributed by atoms with Gasteiger partial charge in [0, 0.05) is 20.1 Å². The van der Waals surface area contributed by atoms with Crippen LogP contribution in [-0.4, -0.2) is 36.3 Å². The topological polar surface area (TPSA) is 78.9 Å². The van der Waals surface area contributed by atoms with Crippen molar-refractivity contribution in [2.45, 2.75) is 13.8 Å². The number of hydrogen-bond acceptors (Lipinski definition) is 6. The van der Waals surface area contributed by atoms with E-state index in [-0.39, 0.29) is 6.79 Å². The zero-order valence-corrected chi connectivity index (χ0v) is 9.38. The van der Waals surface area contributed by atoms with Crippen molar-refractivity contribution >= 4 is 23.0 Å². The number of esters is 2. The first-order valence-corrected chi connectivity index (χ1v) is 5.03. The Bertz CT molecular complexity index is 188. The molecule has 1 unspecified atom stereocenters. The van der Waals surface area contributed by atoms with E-state index in [9.17, 15) is 13.8 Å². The Labute approximate surface area is 85.2 Å². The normalized spacial score (nSPS) is 10.6. The van der Waals surface area contributed by atoms with E-state index in [0.29, 0.717) is 0 Å². The average molecular weight is 226 g/mol. The summed E-state index contributed by atoms with van der Waals surface area (Å²) in [4.78, 5) is 20.0. The van der Waals surface area contributed by atoms with E-state index in [1.165, 1.54) is 27.2 Å². The molecule has 0 aliphatic heterocycles. The summed E-state index contributed by atoms with van der Waals surface area (Å²) < 4.78 is 22.5. The monoisotopic (exact) mass is 226 g/mol. The SMILES string of the molecule is CC(=O)OCOC(C)=O.COS(C)=O. The second-order valence-electron chi connectivity index (χ2n) is 1.96. The second kappa shape index (κ2) is 10.1. The van der Waals surface area contributed by atoms with Crippen molar-refractivity contribution in [2.24, 2.45) is 0 Å². The van der Waals surface area contributed by atoms with E-state index in [4.69, 9.17) is 0 Å². The first-order valence-electron chi connectivity index (χ1n) is 3.54. The Morgan fingerprint density at radius 3 is 1.57 bits per heavy atom. The van der Waals surface area contributed by atoms with Crippen LogP contribution in [0.25, 0.3) is 0 Å². The molecule has 14 heavy (non-hydrogen) atoms. The van der Waals surface area contributed by atoms with Crippen molar-refractivity contribution in [3.8, 4) is 0 Å². The van der Waals surface area contributed by atoms with Gasteiger partial charge in [-0.2, -0.15) is 0 Å². The standard InChI is InChI=1S/C5H8O4.C2H6O2S/c1-4(6)8-3-9-5(2)7;1-4-5(2)3/h3H2,1-2H3;1-2H3. The maximum atomic E-state index is 10.0. The highest BCUT2D eigenvalue weighted by molar-refractivity contribution is 7.79. The molecule has 0 amide bonds. The summed E-state index contributed by atoms with van der Waals surface area (Å²) in [5, 5.41) is 0. The maximum absolute atomic E-state index is 10.0. The van der Waals surface area contributed by atoms with Crippen LogP contribution in [0.3, 0.4) is 0 Å². The lowest BCUT2D eigenvalue weighted by Crippen LogP contribution is -2.07. The first kappa shape index (κ1) is 15.5. The molecule has 0 saturated carbocycles.